The molecule has 0 spiro atoms. The maximum atomic E-state index is 6.18. The smallest absolute Gasteiger partial charge is 0.184 e. The average molecular weight is 304 g/mol. The van der Waals surface area contributed by atoms with Crippen molar-refractivity contribution in [2.24, 2.45) is 5.84 Å². The molecule has 0 atom stereocenters. The minimum Gasteiger partial charge on any atom is -0.306 e. The van der Waals surface area contributed by atoms with Gasteiger partial charge in [0, 0.05) is 11.4 Å². The van der Waals surface area contributed by atoms with E-state index in [1.54, 1.807) is 4.68 Å². The Balaban J connectivity index is 2.09. The van der Waals surface area contributed by atoms with Gasteiger partial charge in [-0.2, -0.15) is 0 Å². The second kappa shape index (κ2) is 5.63. The fourth-order valence-electron chi connectivity index (χ4n) is 2.05. The molecule has 0 aliphatic heterocycles. The number of nitrogens with two attached hydrogens (primary N) is 1. The van der Waals surface area contributed by atoms with E-state index in [-0.39, 0.29) is 0 Å². The summed E-state index contributed by atoms with van der Waals surface area (Å²) in [7, 11) is 0. The van der Waals surface area contributed by atoms with Crippen molar-refractivity contribution < 1.29 is 0 Å². The Morgan fingerprint density at radius 2 is 2.10 bits per heavy atom. The standard InChI is InChI=1S/C13H14ClN7/c1-2-10-16-12(18-15)11-13(17-10)21(20-19-11)7-8-5-3-4-6-9(8)14/h3-6H,2,7,15H2,1H3,(H,16,17,18). The van der Waals surface area contributed by atoms with Crippen LogP contribution >= 0.6 is 11.6 Å². The third-order valence-corrected chi connectivity index (χ3v) is 3.51. The summed E-state index contributed by atoms with van der Waals surface area (Å²) in [6, 6.07) is 7.61. The van der Waals surface area contributed by atoms with Crippen molar-refractivity contribution in [2.45, 2.75) is 19.9 Å². The van der Waals surface area contributed by atoms with E-state index in [9.17, 15) is 0 Å². The molecule has 2 heterocycles. The van der Waals surface area contributed by atoms with Gasteiger partial charge < -0.3 is 5.43 Å². The summed E-state index contributed by atoms with van der Waals surface area (Å²) in [4.78, 5) is 8.76. The van der Waals surface area contributed by atoms with Gasteiger partial charge in [0.1, 0.15) is 5.82 Å². The van der Waals surface area contributed by atoms with E-state index in [2.05, 4.69) is 25.7 Å². The van der Waals surface area contributed by atoms with E-state index in [1.165, 1.54) is 0 Å². The highest BCUT2D eigenvalue weighted by Gasteiger charge is 2.14. The molecule has 0 unspecified atom stereocenters. The SMILES string of the molecule is CCc1nc(NN)c2nnn(Cc3ccccc3Cl)c2n1. The van der Waals surface area contributed by atoms with Crippen molar-refractivity contribution in [1.82, 2.24) is 25.0 Å². The highest BCUT2D eigenvalue weighted by molar-refractivity contribution is 6.31. The predicted octanol–water partition coefficient (Wildman–Crippen LogP) is 1.77. The van der Waals surface area contributed by atoms with Crippen LogP contribution in [0.25, 0.3) is 11.2 Å². The lowest BCUT2D eigenvalue weighted by Crippen LogP contribution is -2.12. The van der Waals surface area contributed by atoms with Gasteiger partial charge in [-0.1, -0.05) is 41.9 Å². The van der Waals surface area contributed by atoms with Crippen LogP contribution in [0.5, 0.6) is 0 Å². The van der Waals surface area contributed by atoms with Crippen molar-refractivity contribution in [3.05, 3.63) is 40.7 Å². The topological polar surface area (TPSA) is 94.5 Å². The fourth-order valence-corrected chi connectivity index (χ4v) is 2.25. The van der Waals surface area contributed by atoms with Crippen LogP contribution in [0.3, 0.4) is 0 Å². The van der Waals surface area contributed by atoms with Gasteiger partial charge in [-0.05, 0) is 11.6 Å². The van der Waals surface area contributed by atoms with E-state index in [0.29, 0.717) is 40.8 Å². The second-order valence-electron chi connectivity index (χ2n) is 4.50. The zero-order valence-corrected chi connectivity index (χ0v) is 12.2. The number of aryl methyl sites for hydroxylation is 1. The molecule has 21 heavy (non-hydrogen) atoms. The maximum absolute atomic E-state index is 6.18. The number of hydrogen-bond acceptors (Lipinski definition) is 6. The predicted molar refractivity (Wildman–Crippen MR) is 80.9 cm³/mol. The number of aromatic nitrogens is 5. The van der Waals surface area contributed by atoms with E-state index in [4.69, 9.17) is 17.4 Å². The number of fused-ring (bicyclic) bond motifs is 1. The van der Waals surface area contributed by atoms with Gasteiger partial charge in [0.2, 0.25) is 0 Å². The molecule has 1 aromatic carbocycles. The number of nitrogens with zero attached hydrogens (tertiary/aromatic N) is 5. The minimum atomic E-state index is 0.474. The molecule has 8 heteroatoms. The van der Waals surface area contributed by atoms with Crippen LogP contribution in [0.1, 0.15) is 18.3 Å². The molecule has 0 bridgehead atoms. The summed E-state index contributed by atoms with van der Waals surface area (Å²) in [6.07, 6.45) is 0.696. The third kappa shape index (κ3) is 2.53. The number of benzene rings is 1. The zero-order chi connectivity index (χ0) is 14.8. The summed E-state index contributed by atoms with van der Waals surface area (Å²) in [6.45, 7) is 2.46. The molecular weight excluding hydrogens is 290 g/mol. The summed E-state index contributed by atoms with van der Waals surface area (Å²) in [5.41, 5.74) is 4.67. The molecule has 3 rings (SSSR count). The van der Waals surface area contributed by atoms with Crippen molar-refractivity contribution in [3.63, 3.8) is 0 Å². The molecule has 0 radical (unpaired) electrons. The summed E-state index contributed by atoms with van der Waals surface area (Å²) in [5, 5.41) is 8.90. The summed E-state index contributed by atoms with van der Waals surface area (Å²) in [5.74, 6) is 6.64. The molecule has 0 saturated carbocycles. The number of nitrogen functional groups attached to an aromatic ring is 1. The van der Waals surface area contributed by atoms with Crippen molar-refractivity contribution in [1.29, 1.82) is 0 Å². The van der Waals surface area contributed by atoms with Crippen LogP contribution in [0.15, 0.2) is 24.3 Å². The van der Waals surface area contributed by atoms with Crippen LogP contribution in [0.4, 0.5) is 5.82 Å². The van der Waals surface area contributed by atoms with E-state index >= 15 is 0 Å². The van der Waals surface area contributed by atoms with Crippen molar-refractivity contribution in [3.8, 4) is 0 Å². The summed E-state index contributed by atoms with van der Waals surface area (Å²) >= 11 is 6.18. The van der Waals surface area contributed by atoms with Crippen LogP contribution in [-0.4, -0.2) is 25.0 Å². The molecule has 2 aromatic heterocycles. The number of anilines is 1. The molecule has 0 fully saturated rings. The highest BCUT2D eigenvalue weighted by atomic mass is 35.5. The van der Waals surface area contributed by atoms with E-state index in [1.807, 2.05) is 31.2 Å². The average Bonchev–Trinajstić information content (AvgIpc) is 2.91. The largest absolute Gasteiger partial charge is 0.306 e. The first-order valence-corrected chi connectivity index (χ1v) is 6.91. The summed E-state index contributed by atoms with van der Waals surface area (Å²) < 4.78 is 1.69. The van der Waals surface area contributed by atoms with Gasteiger partial charge in [0.25, 0.3) is 0 Å². The molecule has 3 N–H and O–H groups in total. The molecule has 0 aliphatic rings. The quantitative estimate of drug-likeness (QED) is 0.563. The number of halogens is 1. The second-order valence-corrected chi connectivity index (χ2v) is 4.90. The van der Waals surface area contributed by atoms with Crippen LogP contribution in [0.2, 0.25) is 5.02 Å². The van der Waals surface area contributed by atoms with E-state index in [0.717, 1.165) is 5.56 Å². The van der Waals surface area contributed by atoms with Gasteiger partial charge in [0.15, 0.2) is 17.0 Å². The zero-order valence-electron chi connectivity index (χ0n) is 11.4. The Labute approximate surface area is 126 Å². The molecule has 0 saturated heterocycles. The highest BCUT2D eigenvalue weighted by Crippen LogP contribution is 2.20. The molecule has 7 nitrogen and oxygen atoms in total. The van der Waals surface area contributed by atoms with Crippen LogP contribution in [-0.2, 0) is 13.0 Å². The third-order valence-electron chi connectivity index (χ3n) is 3.14. The van der Waals surface area contributed by atoms with Crippen LogP contribution in [0, 0.1) is 0 Å². The first-order valence-electron chi connectivity index (χ1n) is 6.53. The van der Waals surface area contributed by atoms with Gasteiger partial charge in [-0.25, -0.2) is 20.5 Å². The maximum Gasteiger partial charge on any atom is 0.184 e. The monoisotopic (exact) mass is 303 g/mol. The number of hydrogen-bond donors (Lipinski definition) is 2. The normalized spacial score (nSPS) is 11.0. The molecule has 108 valence electrons. The lowest BCUT2D eigenvalue weighted by atomic mass is 10.2. The Kier molecular flexibility index (Phi) is 3.68. The van der Waals surface area contributed by atoms with Gasteiger partial charge >= 0.3 is 0 Å². The van der Waals surface area contributed by atoms with Gasteiger partial charge in [0.05, 0.1) is 6.54 Å². The Bertz CT molecular complexity index is 783. The van der Waals surface area contributed by atoms with Gasteiger partial charge in [-0.15, -0.1) is 5.10 Å². The number of nitrogens with one attached hydrogen (secondary N) is 1. The number of hydrazine groups is 1. The first-order chi connectivity index (χ1) is 10.2. The molecule has 0 aliphatic carbocycles. The Hall–Kier alpha value is -2.25. The van der Waals surface area contributed by atoms with Crippen molar-refractivity contribution in [2.75, 3.05) is 5.43 Å². The lowest BCUT2D eigenvalue weighted by Gasteiger charge is -2.06. The number of rotatable bonds is 4. The molecule has 0 amide bonds. The molecule has 3 aromatic rings. The molecular formula is C13H14ClN7. The first kappa shape index (κ1) is 13.7. The van der Waals surface area contributed by atoms with Gasteiger partial charge in [-0.3, -0.25) is 0 Å². The minimum absolute atomic E-state index is 0.474. The Morgan fingerprint density at radius 3 is 2.81 bits per heavy atom. The fraction of sp³-hybridized carbons (Fsp3) is 0.231. The van der Waals surface area contributed by atoms with E-state index < -0.39 is 0 Å². The Morgan fingerprint density at radius 1 is 1.29 bits per heavy atom. The van der Waals surface area contributed by atoms with Crippen LogP contribution < -0.4 is 11.3 Å². The van der Waals surface area contributed by atoms with Crippen molar-refractivity contribution >= 4 is 28.6 Å². The lowest BCUT2D eigenvalue weighted by molar-refractivity contribution is 0.662.